The summed E-state index contributed by atoms with van der Waals surface area (Å²) in [6.45, 7) is 4.99. The van der Waals surface area contributed by atoms with E-state index in [1.165, 1.54) is 12.1 Å². The molecule has 0 unspecified atom stereocenters. The molecule has 0 amide bonds. The number of benzene rings is 1. The largest absolute Gasteiger partial charge is 0.389 e. The van der Waals surface area contributed by atoms with Crippen molar-refractivity contribution in [1.82, 2.24) is 4.90 Å². The zero-order valence-electron chi connectivity index (χ0n) is 10.7. The van der Waals surface area contributed by atoms with E-state index in [4.69, 9.17) is 5.73 Å². The summed E-state index contributed by atoms with van der Waals surface area (Å²) in [5.41, 5.74) is 6.67. The molecular weight excluding hydrogens is 219 g/mol. The number of likely N-dealkylation sites (N-methyl/N-ethyl adjacent to an activating group) is 1. The Morgan fingerprint density at radius 1 is 1.35 bits per heavy atom. The summed E-state index contributed by atoms with van der Waals surface area (Å²) in [5, 5.41) is 9.71. The van der Waals surface area contributed by atoms with Crippen LogP contribution in [0.2, 0.25) is 0 Å². The smallest absolute Gasteiger partial charge is 0.123 e. The topological polar surface area (TPSA) is 49.5 Å². The van der Waals surface area contributed by atoms with Crippen LogP contribution in [0.3, 0.4) is 0 Å². The van der Waals surface area contributed by atoms with E-state index in [9.17, 15) is 9.50 Å². The van der Waals surface area contributed by atoms with Crippen LogP contribution in [-0.2, 0) is 13.1 Å². The molecular formula is C13H21FN2O. The molecule has 0 bridgehead atoms. The lowest BCUT2D eigenvalue weighted by molar-refractivity contribution is 0.0424. The van der Waals surface area contributed by atoms with Gasteiger partial charge in [0.25, 0.3) is 0 Å². The standard InChI is InChI=1S/C13H21FN2O/c1-13(2,17)9-16(3)8-11-6-12(14)5-4-10(11)7-15/h4-6,17H,7-9,15H2,1-3H3. The Balaban J connectivity index is 2.76. The van der Waals surface area contributed by atoms with E-state index in [1.807, 2.05) is 11.9 Å². The fourth-order valence-corrected chi connectivity index (χ4v) is 1.95. The Morgan fingerprint density at radius 3 is 2.53 bits per heavy atom. The average Bonchev–Trinajstić information content (AvgIpc) is 2.14. The maximum atomic E-state index is 13.2. The second kappa shape index (κ2) is 5.58. The number of nitrogens with two attached hydrogens (primary N) is 1. The Labute approximate surface area is 102 Å². The molecule has 1 rings (SSSR count). The zero-order chi connectivity index (χ0) is 13.1. The first-order valence-corrected chi connectivity index (χ1v) is 5.70. The van der Waals surface area contributed by atoms with Crippen molar-refractivity contribution in [3.63, 3.8) is 0 Å². The molecule has 0 aliphatic carbocycles. The minimum absolute atomic E-state index is 0.256. The second-order valence-electron chi connectivity index (χ2n) is 5.10. The number of halogens is 1. The van der Waals surface area contributed by atoms with Gasteiger partial charge in [-0.25, -0.2) is 4.39 Å². The third-order valence-corrected chi connectivity index (χ3v) is 2.49. The summed E-state index contributed by atoms with van der Waals surface area (Å²) in [6, 6.07) is 4.63. The lowest BCUT2D eigenvalue weighted by Crippen LogP contribution is -2.36. The highest BCUT2D eigenvalue weighted by molar-refractivity contribution is 5.27. The molecule has 0 aromatic heterocycles. The van der Waals surface area contributed by atoms with Crippen LogP contribution >= 0.6 is 0 Å². The number of hydrogen-bond donors (Lipinski definition) is 2. The second-order valence-corrected chi connectivity index (χ2v) is 5.10. The molecule has 0 aliphatic rings. The molecule has 0 fully saturated rings. The van der Waals surface area contributed by atoms with E-state index in [1.54, 1.807) is 19.9 Å². The summed E-state index contributed by atoms with van der Waals surface area (Å²) >= 11 is 0. The predicted molar refractivity (Wildman–Crippen MR) is 66.9 cm³/mol. The van der Waals surface area contributed by atoms with Gasteiger partial charge >= 0.3 is 0 Å². The molecule has 96 valence electrons. The highest BCUT2D eigenvalue weighted by Crippen LogP contribution is 2.14. The molecule has 0 radical (unpaired) electrons. The van der Waals surface area contributed by atoms with Crippen LogP contribution in [0.4, 0.5) is 4.39 Å². The van der Waals surface area contributed by atoms with E-state index >= 15 is 0 Å². The van der Waals surface area contributed by atoms with Gasteiger partial charge in [0, 0.05) is 19.6 Å². The van der Waals surface area contributed by atoms with Crippen molar-refractivity contribution in [2.24, 2.45) is 5.73 Å². The van der Waals surface area contributed by atoms with Gasteiger partial charge < -0.3 is 10.8 Å². The van der Waals surface area contributed by atoms with Crippen molar-refractivity contribution in [1.29, 1.82) is 0 Å². The molecule has 0 atom stereocenters. The van der Waals surface area contributed by atoms with Crippen LogP contribution in [0.15, 0.2) is 18.2 Å². The molecule has 1 aromatic rings. The predicted octanol–water partition coefficient (Wildman–Crippen LogP) is 1.49. The molecule has 17 heavy (non-hydrogen) atoms. The minimum Gasteiger partial charge on any atom is -0.389 e. The van der Waals surface area contributed by atoms with Gasteiger partial charge in [0.2, 0.25) is 0 Å². The maximum absolute atomic E-state index is 13.2. The van der Waals surface area contributed by atoms with E-state index in [0.717, 1.165) is 11.1 Å². The van der Waals surface area contributed by atoms with Crippen LogP contribution in [0, 0.1) is 5.82 Å². The fourth-order valence-electron chi connectivity index (χ4n) is 1.95. The van der Waals surface area contributed by atoms with Crippen molar-refractivity contribution in [2.45, 2.75) is 32.5 Å². The molecule has 0 saturated heterocycles. The average molecular weight is 240 g/mol. The summed E-state index contributed by atoms with van der Waals surface area (Å²) in [4.78, 5) is 1.95. The zero-order valence-corrected chi connectivity index (χ0v) is 10.7. The summed E-state index contributed by atoms with van der Waals surface area (Å²) < 4.78 is 13.2. The summed E-state index contributed by atoms with van der Waals surface area (Å²) in [6.07, 6.45) is 0. The first kappa shape index (κ1) is 14.1. The highest BCUT2D eigenvalue weighted by atomic mass is 19.1. The summed E-state index contributed by atoms with van der Waals surface area (Å²) in [5.74, 6) is -0.256. The van der Waals surface area contributed by atoms with Crippen LogP contribution in [0.5, 0.6) is 0 Å². The van der Waals surface area contributed by atoms with Gasteiger partial charge in [-0.05, 0) is 44.2 Å². The van der Waals surface area contributed by atoms with Gasteiger partial charge in [0.15, 0.2) is 0 Å². The molecule has 3 N–H and O–H groups in total. The molecule has 3 nitrogen and oxygen atoms in total. The van der Waals surface area contributed by atoms with Crippen molar-refractivity contribution in [2.75, 3.05) is 13.6 Å². The number of hydrogen-bond acceptors (Lipinski definition) is 3. The first-order chi connectivity index (χ1) is 7.81. The SMILES string of the molecule is CN(Cc1cc(F)ccc1CN)CC(C)(C)O. The Kier molecular flexibility index (Phi) is 4.62. The van der Waals surface area contributed by atoms with Crippen LogP contribution in [-0.4, -0.2) is 29.2 Å². The van der Waals surface area contributed by atoms with E-state index in [-0.39, 0.29) is 5.82 Å². The van der Waals surface area contributed by atoms with Crippen molar-refractivity contribution >= 4 is 0 Å². The van der Waals surface area contributed by atoms with Gasteiger partial charge in [-0.1, -0.05) is 6.07 Å². The Bertz CT molecular complexity index is 374. The lowest BCUT2D eigenvalue weighted by atomic mass is 10.1. The molecule has 0 spiro atoms. The summed E-state index contributed by atoms with van der Waals surface area (Å²) in [7, 11) is 1.89. The third-order valence-electron chi connectivity index (χ3n) is 2.49. The van der Waals surface area contributed by atoms with E-state index < -0.39 is 5.60 Å². The van der Waals surface area contributed by atoms with E-state index in [0.29, 0.717) is 19.6 Å². The lowest BCUT2D eigenvalue weighted by Gasteiger charge is -2.26. The molecule has 0 saturated carbocycles. The fraction of sp³-hybridized carbons (Fsp3) is 0.538. The Hall–Kier alpha value is -0.970. The minimum atomic E-state index is -0.759. The van der Waals surface area contributed by atoms with Gasteiger partial charge in [-0.15, -0.1) is 0 Å². The van der Waals surface area contributed by atoms with Crippen LogP contribution in [0.1, 0.15) is 25.0 Å². The number of rotatable bonds is 5. The molecule has 4 heteroatoms. The van der Waals surface area contributed by atoms with Crippen LogP contribution in [0.25, 0.3) is 0 Å². The molecule has 0 heterocycles. The normalized spacial score (nSPS) is 12.2. The Morgan fingerprint density at radius 2 is 2.00 bits per heavy atom. The monoisotopic (exact) mass is 240 g/mol. The van der Waals surface area contributed by atoms with Crippen molar-refractivity contribution in [3.05, 3.63) is 35.1 Å². The van der Waals surface area contributed by atoms with Gasteiger partial charge in [-0.3, -0.25) is 4.90 Å². The van der Waals surface area contributed by atoms with Crippen molar-refractivity contribution < 1.29 is 9.50 Å². The van der Waals surface area contributed by atoms with Gasteiger partial charge in [-0.2, -0.15) is 0 Å². The first-order valence-electron chi connectivity index (χ1n) is 5.70. The number of nitrogens with zero attached hydrogens (tertiary/aromatic N) is 1. The van der Waals surface area contributed by atoms with Gasteiger partial charge in [0.05, 0.1) is 5.60 Å². The van der Waals surface area contributed by atoms with Crippen LogP contribution < -0.4 is 5.73 Å². The highest BCUT2D eigenvalue weighted by Gasteiger charge is 2.16. The van der Waals surface area contributed by atoms with E-state index in [2.05, 4.69) is 0 Å². The molecule has 0 aliphatic heterocycles. The van der Waals surface area contributed by atoms with Crippen molar-refractivity contribution in [3.8, 4) is 0 Å². The maximum Gasteiger partial charge on any atom is 0.123 e. The number of aliphatic hydroxyl groups is 1. The third kappa shape index (κ3) is 4.81. The quantitative estimate of drug-likeness (QED) is 0.819. The molecule has 1 aromatic carbocycles. The van der Waals surface area contributed by atoms with Gasteiger partial charge in [0.1, 0.15) is 5.82 Å².